The summed E-state index contributed by atoms with van der Waals surface area (Å²) in [6.45, 7) is 0.857. The number of benzene rings is 1. The maximum Gasteiger partial charge on any atom is 0.522 e. The molecule has 8 nitrogen and oxygen atoms in total. The van der Waals surface area contributed by atoms with Gasteiger partial charge in [0.2, 0.25) is 5.89 Å². The monoisotopic (exact) mass is 492 g/mol. The first-order chi connectivity index (χ1) is 15.7. The summed E-state index contributed by atoms with van der Waals surface area (Å²) in [5.74, 6) is -0.693. The van der Waals surface area contributed by atoms with Crippen LogP contribution in [0.2, 0.25) is 5.02 Å². The van der Waals surface area contributed by atoms with E-state index in [9.17, 15) is 22.4 Å². The molecule has 1 aromatic heterocycles. The average Bonchev–Trinajstić information content (AvgIpc) is 3.21. The van der Waals surface area contributed by atoms with E-state index < -0.39 is 18.3 Å². The smallest absolute Gasteiger partial charge is 0.484 e. The van der Waals surface area contributed by atoms with Crippen molar-refractivity contribution in [1.29, 1.82) is 0 Å². The van der Waals surface area contributed by atoms with Gasteiger partial charge in [-0.05, 0) is 37.8 Å². The van der Waals surface area contributed by atoms with Crippen molar-refractivity contribution in [2.45, 2.75) is 50.1 Å². The highest BCUT2D eigenvalue weighted by Gasteiger charge is 2.42. The van der Waals surface area contributed by atoms with Crippen molar-refractivity contribution >= 4 is 23.5 Å². The van der Waals surface area contributed by atoms with Crippen molar-refractivity contribution in [3.8, 4) is 5.75 Å². The van der Waals surface area contributed by atoms with Crippen molar-refractivity contribution in [2.75, 3.05) is 24.6 Å². The number of nitrogens with one attached hydrogen (secondary N) is 1. The molecule has 0 spiro atoms. The SMILES string of the molecule is O=C(COc1ccc(Cl)c(F)c1)NC1CCN(c2nnc(C3CC(OC(F)(F)F)C3)o2)CC1. The highest BCUT2D eigenvalue weighted by molar-refractivity contribution is 6.30. The Labute approximate surface area is 191 Å². The molecule has 33 heavy (non-hydrogen) atoms. The summed E-state index contributed by atoms with van der Waals surface area (Å²) in [7, 11) is 0. The third kappa shape index (κ3) is 6.26. The van der Waals surface area contributed by atoms with Gasteiger partial charge in [-0.3, -0.25) is 9.53 Å². The van der Waals surface area contributed by atoms with Gasteiger partial charge in [-0.1, -0.05) is 16.7 Å². The topological polar surface area (TPSA) is 89.7 Å². The molecule has 1 N–H and O–H groups in total. The molecule has 1 saturated carbocycles. The molecule has 0 unspecified atom stereocenters. The summed E-state index contributed by atoms with van der Waals surface area (Å²) < 4.78 is 65.0. The number of nitrogens with zero attached hydrogens (tertiary/aromatic N) is 3. The average molecular weight is 493 g/mol. The number of hydrogen-bond acceptors (Lipinski definition) is 7. The minimum Gasteiger partial charge on any atom is -0.484 e. The van der Waals surface area contributed by atoms with Crippen molar-refractivity contribution in [2.24, 2.45) is 0 Å². The Morgan fingerprint density at radius 1 is 1.24 bits per heavy atom. The quantitative estimate of drug-likeness (QED) is 0.588. The second-order valence-electron chi connectivity index (χ2n) is 7.97. The van der Waals surface area contributed by atoms with E-state index in [0.29, 0.717) is 37.8 Å². The highest BCUT2D eigenvalue weighted by atomic mass is 35.5. The number of carbonyl (C=O) groups excluding carboxylic acids is 1. The lowest BCUT2D eigenvalue weighted by Crippen LogP contribution is -2.46. The van der Waals surface area contributed by atoms with Gasteiger partial charge in [-0.15, -0.1) is 18.3 Å². The fourth-order valence-corrected chi connectivity index (χ4v) is 3.89. The van der Waals surface area contributed by atoms with Crippen LogP contribution in [0, 0.1) is 5.82 Å². The summed E-state index contributed by atoms with van der Waals surface area (Å²) in [6, 6.07) is 4.17. The summed E-state index contributed by atoms with van der Waals surface area (Å²) in [4.78, 5) is 14.0. The Bertz CT molecular complexity index is 975. The minimum atomic E-state index is -4.64. The predicted octanol–water partition coefficient (Wildman–Crippen LogP) is 3.81. The molecule has 2 aromatic rings. The fourth-order valence-electron chi connectivity index (χ4n) is 3.77. The molecule has 2 fully saturated rings. The zero-order valence-electron chi connectivity index (χ0n) is 17.3. The lowest BCUT2D eigenvalue weighted by atomic mass is 9.82. The van der Waals surface area contributed by atoms with Gasteiger partial charge >= 0.3 is 12.4 Å². The van der Waals surface area contributed by atoms with Gasteiger partial charge in [0.15, 0.2) is 6.61 Å². The van der Waals surface area contributed by atoms with E-state index in [1.54, 1.807) is 0 Å². The Kier molecular flexibility index (Phi) is 6.94. The maximum atomic E-state index is 13.4. The second-order valence-corrected chi connectivity index (χ2v) is 8.38. The molecule has 1 aliphatic carbocycles. The molecule has 1 saturated heterocycles. The van der Waals surface area contributed by atoms with Gasteiger partial charge in [-0.25, -0.2) is 4.39 Å². The molecule has 180 valence electrons. The van der Waals surface area contributed by atoms with E-state index in [0.717, 1.165) is 6.07 Å². The van der Waals surface area contributed by atoms with Crippen molar-refractivity contribution in [1.82, 2.24) is 15.5 Å². The van der Waals surface area contributed by atoms with Crippen LogP contribution in [0.1, 0.15) is 37.5 Å². The molecule has 0 radical (unpaired) electrons. The van der Waals surface area contributed by atoms with Gasteiger partial charge < -0.3 is 19.4 Å². The molecule has 2 aliphatic rings. The van der Waals surface area contributed by atoms with Gasteiger partial charge in [0.25, 0.3) is 5.91 Å². The van der Waals surface area contributed by atoms with Crippen LogP contribution in [0.3, 0.4) is 0 Å². The minimum absolute atomic E-state index is 0.0284. The van der Waals surface area contributed by atoms with Crippen LogP contribution in [-0.4, -0.2) is 54.3 Å². The van der Waals surface area contributed by atoms with Crippen LogP contribution in [0.15, 0.2) is 22.6 Å². The van der Waals surface area contributed by atoms with Gasteiger partial charge in [0, 0.05) is 31.1 Å². The number of piperidine rings is 1. The first-order valence-electron chi connectivity index (χ1n) is 10.4. The van der Waals surface area contributed by atoms with Crippen molar-refractivity contribution in [3.63, 3.8) is 0 Å². The lowest BCUT2D eigenvalue weighted by molar-refractivity contribution is -0.352. The number of carbonyl (C=O) groups is 1. The van der Waals surface area contributed by atoms with E-state index in [-0.39, 0.29) is 48.1 Å². The number of ether oxygens (including phenoxy) is 2. The molecule has 4 rings (SSSR count). The van der Waals surface area contributed by atoms with Crippen LogP contribution >= 0.6 is 11.6 Å². The lowest BCUT2D eigenvalue weighted by Gasteiger charge is -2.33. The summed E-state index contributed by atoms with van der Waals surface area (Å²) >= 11 is 5.61. The standard InChI is InChI=1S/C20H21ClF4N4O4/c21-15-2-1-13(9-16(15)22)31-10-17(30)26-12-3-5-29(6-4-12)19-28-27-18(32-19)11-7-14(8-11)33-20(23,24)25/h1-2,9,11-12,14H,3-8,10H2,(H,26,30). The molecule has 0 bridgehead atoms. The first-order valence-corrected chi connectivity index (χ1v) is 10.7. The molecular weight excluding hydrogens is 472 g/mol. The van der Waals surface area contributed by atoms with Crippen LogP contribution in [0.4, 0.5) is 23.6 Å². The number of halogens is 5. The molecule has 1 aliphatic heterocycles. The Balaban J connectivity index is 1.18. The summed E-state index contributed by atoms with van der Waals surface area (Å²) in [6.07, 6.45) is -3.91. The largest absolute Gasteiger partial charge is 0.522 e. The number of aromatic nitrogens is 2. The van der Waals surface area contributed by atoms with Crippen LogP contribution < -0.4 is 15.0 Å². The van der Waals surface area contributed by atoms with Crippen LogP contribution in [0.25, 0.3) is 0 Å². The first kappa shape index (κ1) is 23.6. The van der Waals surface area contributed by atoms with E-state index in [2.05, 4.69) is 20.3 Å². The number of alkyl halides is 3. The predicted molar refractivity (Wildman–Crippen MR) is 107 cm³/mol. The fraction of sp³-hybridized carbons (Fsp3) is 0.550. The Hall–Kier alpha value is -2.60. The molecule has 1 aromatic carbocycles. The van der Waals surface area contributed by atoms with E-state index in [1.165, 1.54) is 12.1 Å². The molecule has 2 heterocycles. The summed E-state index contributed by atoms with van der Waals surface area (Å²) in [5.41, 5.74) is 0. The van der Waals surface area contributed by atoms with Gasteiger partial charge in [0.1, 0.15) is 11.6 Å². The van der Waals surface area contributed by atoms with E-state index in [1.807, 2.05) is 4.90 Å². The van der Waals surface area contributed by atoms with E-state index in [4.69, 9.17) is 20.8 Å². The molecule has 0 atom stereocenters. The number of rotatable bonds is 7. The van der Waals surface area contributed by atoms with Gasteiger partial charge in [-0.2, -0.15) is 0 Å². The van der Waals surface area contributed by atoms with Crippen molar-refractivity contribution in [3.05, 3.63) is 34.9 Å². The van der Waals surface area contributed by atoms with Crippen LogP contribution in [0.5, 0.6) is 5.75 Å². The highest BCUT2D eigenvalue weighted by Crippen LogP contribution is 2.41. The number of anilines is 1. The number of hydrogen-bond donors (Lipinski definition) is 1. The van der Waals surface area contributed by atoms with Crippen molar-refractivity contribution < 1.29 is 36.2 Å². The third-order valence-electron chi connectivity index (χ3n) is 5.57. The Morgan fingerprint density at radius 2 is 1.97 bits per heavy atom. The van der Waals surface area contributed by atoms with Crippen LogP contribution in [-0.2, 0) is 9.53 Å². The van der Waals surface area contributed by atoms with E-state index >= 15 is 0 Å². The van der Waals surface area contributed by atoms with Gasteiger partial charge in [0.05, 0.1) is 11.1 Å². The number of amides is 1. The Morgan fingerprint density at radius 3 is 2.64 bits per heavy atom. The normalized spacial score (nSPS) is 21.5. The molecular formula is C20H21ClF4N4O4. The molecule has 1 amide bonds. The zero-order chi connectivity index (χ0) is 23.6. The third-order valence-corrected chi connectivity index (χ3v) is 5.87. The second kappa shape index (κ2) is 9.72. The maximum absolute atomic E-state index is 13.4. The molecule has 13 heteroatoms. The summed E-state index contributed by atoms with van der Waals surface area (Å²) in [5, 5.41) is 10.8. The zero-order valence-corrected chi connectivity index (χ0v) is 18.0.